The summed E-state index contributed by atoms with van der Waals surface area (Å²) in [5, 5.41) is 2.42. The molecule has 1 fully saturated rings. The molecule has 3 heterocycles. The fourth-order valence-corrected chi connectivity index (χ4v) is 3.15. The van der Waals surface area contributed by atoms with Gasteiger partial charge in [-0.05, 0) is 29.5 Å². The summed E-state index contributed by atoms with van der Waals surface area (Å²) in [5.74, 6) is 0.946. The topological polar surface area (TPSA) is 38.2 Å². The summed E-state index contributed by atoms with van der Waals surface area (Å²) in [5.41, 5.74) is 2.13. The lowest BCUT2D eigenvalue weighted by atomic mass is 10.3. The monoisotopic (exact) mass is 269 g/mol. The molecule has 2 aromatic heterocycles. The molecule has 1 aliphatic rings. The van der Waals surface area contributed by atoms with Gasteiger partial charge >= 0.3 is 0 Å². The van der Waals surface area contributed by atoms with Crippen molar-refractivity contribution in [2.75, 3.05) is 31.2 Å². The Morgan fingerprint density at radius 2 is 2.12 bits per heavy atom. The smallest absolute Gasteiger partial charge is 0.224 e. The predicted molar refractivity (Wildman–Crippen MR) is 70.2 cm³/mol. The first-order valence-electron chi connectivity index (χ1n) is 5.50. The van der Waals surface area contributed by atoms with E-state index in [1.165, 1.54) is 0 Å². The number of ether oxygens (including phenoxy) is 1. The molecule has 4 nitrogen and oxygen atoms in total. The van der Waals surface area contributed by atoms with E-state index in [9.17, 15) is 0 Å². The van der Waals surface area contributed by atoms with Crippen LogP contribution >= 0.6 is 22.9 Å². The molecule has 0 aromatic carbocycles. The Balaban J connectivity index is 2.13. The minimum atomic E-state index is 0.320. The van der Waals surface area contributed by atoms with Crippen molar-refractivity contribution < 1.29 is 4.74 Å². The number of rotatable bonds is 1. The Kier molecular flexibility index (Phi) is 2.90. The second-order valence-electron chi connectivity index (χ2n) is 4.01. The second-order valence-corrected chi connectivity index (χ2v) is 5.23. The van der Waals surface area contributed by atoms with Crippen molar-refractivity contribution in [3.8, 4) is 0 Å². The quantitative estimate of drug-likeness (QED) is 0.746. The summed E-state index contributed by atoms with van der Waals surface area (Å²) < 4.78 is 6.47. The van der Waals surface area contributed by atoms with Gasteiger partial charge in [-0.25, -0.2) is 4.98 Å². The minimum Gasteiger partial charge on any atom is -0.378 e. The Hall–Kier alpha value is -0.910. The molecule has 0 saturated carbocycles. The van der Waals surface area contributed by atoms with Crippen LogP contribution in [-0.2, 0) is 4.74 Å². The number of aromatic nitrogens is 2. The lowest BCUT2D eigenvalue weighted by Gasteiger charge is -2.28. The maximum Gasteiger partial charge on any atom is 0.224 e. The maximum absolute atomic E-state index is 6.00. The summed E-state index contributed by atoms with van der Waals surface area (Å²) in [6, 6.07) is 0. The van der Waals surface area contributed by atoms with Crippen LogP contribution in [0, 0.1) is 6.92 Å². The molecule has 6 heteroatoms. The van der Waals surface area contributed by atoms with E-state index in [4.69, 9.17) is 16.3 Å². The SMILES string of the molecule is Cc1csc2c(N3CCOCC3)nc(Cl)nc12. The first kappa shape index (κ1) is 11.2. The molecule has 0 spiro atoms. The van der Waals surface area contributed by atoms with E-state index in [1.807, 2.05) is 6.92 Å². The zero-order valence-electron chi connectivity index (χ0n) is 9.44. The van der Waals surface area contributed by atoms with Gasteiger partial charge in [0.15, 0.2) is 5.82 Å². The second kappa shape index (κ2) is 4.40. The van der Waals surface area contributed by atoms with Crippen molar-refractivity contribution in [3.63, 3.8) is 0 Å². The molecule has 1 saturated heterocycles. The normalized spacial score (nSPS) is 16.7. The van der Waals surface area contributed by atoms with Crippen LogP contribution in [0.2, 0.25) is 5.28 Å². The van der Waals surface area contributed by atoms with Crippen LogP contribution in [0.5, 0.6) is 0 Å². The number of morpholine rings is 1. The van der Waals surface area contributed by atoms with Crippen molar-refractivity contribution in [2.45, 2.75) is 6.92 Å². The highest BCUT2D eigenvalue weighted by Gasteiger charge is 2.18. The molecule has 2 aromatic rings. The van der Waals surface area contributed by atoms with Gasteiger partial charge in [0, 0.05) is 13.1 Å². The Morgan fingerprint density at radius 3 is 2.88 bits per heavy atom. The maximum atomic E-state index is 6.00. The van der Waals surface area contributed by atoms with E-state index in [2.05, 4.69) is 20.2 Å². The molecular weight excluding hydrogens is 258 g/mol. The number of thiophene rings is 1. The summed E-state index contributed by atoms with van der Waals surface area (Å²) in [6.07, 6.45) is 0. The minimum absolute atomic E-state index is 0.320. The number of hydrogen-bond acceptors (Lipinski definition) is 5. The van der Waals surface area contributed by atoms with Crippen LogP contribution in [0.25, 0.3) is 10.2 Å². The molecule has 0 aliphatic carbocycles. The summed E-state index contributed by atoms with van der Waals surface area (Å²) >= 11 is 7.67. The van der Waals surface area contributed by atoms with Crippen LogP contribution in [0.3, 0.4) is 0 Å². The summed E-state index contributed by atoms with van der Waals surface area (Å²) in [7, 11) is 0. The van der Waals surface area contributed by atoms with Gasteiger partial charge in [0.05, 0.1) is 23.4 Å². The molecule has 0 atom stereocenters. The Labute approximate surface area is 108 Å². The van der Waals surface area contributed by atoms with E-state index < -0.39 is 0 Å². The van der Waals surface area contributed by atoms with Crippen LogP contribution in [-0.4, -0.2) is 36.3 Å². The molecule has 0 radical (unpaired) electrons. The van der Waals surface area contributed by atoms with E-state index >= 15 is 0 Å². The molecule has 0 bridgehead atoms. The van der Waals surface area contributed by atoms with Gasteiger partial charge in [0.2, 0.25) is 5.28 Å². The molecule has 90 valence electrons. The highest BCUT2D eigenvalue weighted by Crippen LogP contribution is 2.32. The highest BCUT2D eigenvalue weighted by molar-refractivity contribution is 7.18. The largest absolute Gasteiger partial charge is 0.378 e. The van der Waals surface area contributed by atoms with E-state index in [1.54, 1.807) is 11.3 Å². The van der Waals surface area contributed by atoms with Gasteiger partial charge in [-0.15, -0.1) is 11.3 Å². The fraction of sp³-hybridized carbons (Fsp3) is 0.455. The summed E-state index contributed by atoms with van der Waals surface area (Å²) in [6.45, 7) is 5.25. The van der Waals surface area contributed by atoms with Gasteiger partial charge in [-0.2, -0.15) is 4.98 Å². The van der Waals surface area contributed by atoms with Gasteiger partial charge in [-0.3, -0.25) is 0 Å². The molecule has 1 aliphatic heterocycles. The summed E-state index contributed by atoms with van der Waals surface area (Å²) in [4.78, 5) is 10.9. The Bertz CT molecular complexity index is 551. The molecule has 0 amide bonds. The third-order valence-electron chi connectivity index (χ3n) is 2.86. The number of fused-ring (bicyclic) bond motifs is 1. The third-order valence-corrected chi connectivity index (χ3v) is 4.11. The number of anilines is 1. The zero-order valence-corrected chi connectivity index (χ0v) is 11.0. The van der Waals surface area contributed by atoms with Gasteiger partial charge in [0.1, 0.15) is 0 Å². The van der Waals surface area contributed by atoms with Gasteiger partial charge in [-0.1, -0.05) is 0 Å². The average Bonchev–Trinajstić information content (AvgIpc) is 2.72. The predicted octanol–water partition coefficient (Wildman–Crippen LogP) is 2.49. The molecule has 17 heavy (non-hydrogen) atoms. The van der Waals surface area contributed by atoms with Gasteiger partial charge in [0.25, 0.3) is 0 Å². The fourth-order valence-electron chi connectivity index (χ4n) is 1.98. The first-order valence-corrected chi connectivity index (χ1v) is 6.75. The Morgan fingerprint density at radius 1 is 1.35 bits per heavy atom. The highest BCUT2D eigenvalue weighted by atomic mass is 35.5. The van der Waals surface area contributed by atoms with Crippen LogP contribution in [0.1, 0.15) is 5.56 Å². The van der Waals surface area contributed by atoms with E-state index in [-0.39, 0.29) is 0 Å². The average molecular weight is 270 g/mol. The number of halogens is 1. The number of aryl methyl sites for hydroxylation is 1. The third kappa shape index (κ3) is 1.99. The first-order chi connectivity index (χ1) is 8.25. The van der Waals surface area contributed by atoms with Crippen LogP contribution < -0.4 is 4.90 Å². The van der Waals surface area contributed by atoms with Crippen LogP contribution in [0.4, 0.5) is 5.82 Å². The van der Waals surface area contributed by atoms with Crippen molar-refractivity contribution >= 4 is 39.0 Å². The van der Waals surface area contributed by atoms with Crippen LogP contribution in [0.15, 0.2) is 5.38 Å². The lowest BCUT2D eigenvalue weighted by Crippen LogP contribution is -2.36. The molecule has 3 rings (SSSR count). The standard InChI is InChI=1S/C11H12ClN3OS/c1-7-6-17-9-8(7)13-11(12)14-10(9)15-2-4-16-5-3-15/h6H,2-5H2,1H3. The lowest BCUT2D eigenvalue weighted by molar-refractivity contribution is 0.122. The van der Waals surface area contributed by atoms with Crippen molar-refractivity contribution in [3.05, 3.63) is 16.2 Å². The van der Waals surface area contributed by atoms with Crippen molar-refractivity contribution in [2.24, 2.45) is 0 Å². The molecule has 0 N–H and O–H groups in total. The molecular formula is C11H12ClN3OS. The number of nitrogens with zero attached hydrogens (tertiary/aromatic N) is 3. The van der Waals surface area contributed by atoms with Gasteiger partial charge < -0.3 is 9.64 Å². The molecule has 0 unspecified atom stereocenters. The van der Waals surface area contributed by atoms with Crippen molar-refractivity contribution in [1.82, 2.24) is 9.97 Å². The van der Waals surface area contributed by atoms with E-state index in [0.29, 0.717) is 5.28 Å². The van der Waals surface area contributed by atoms with E-state index in [0.717, 1.165) is 47.9 Å². The number of hydrogen-bond donors (Lipinski definition) is 0. The zero-order chi connectivity index (χ0) is 11.8. The van der Waals surface area contributed by atoms with Crippen molar-refractivity contribution in [1.29, 1.82) is 0 Å².